The van der Waals surface area contributed by atoms with Crippen molar-refractivity contribution in [3.63, 3.8) is 0 Å². The van der Waals surface area contributed by atoms with E-state index in [4.69, 9.17) is 4.74 Å². The first kappa shape index (κ1) is 12.5. The van der Waals surface area contributed by atoms with Crippen LogP contribution < -0.4 is 0 Å². The monoisotopic (exact) mass is 208 g/mol. The summed E-state index contributed by atoms with van der Waals surface area (Å²) in [4.78, 5) is 0. The Morgan fingerprint density at radius 1 is 1.40 bits per heavy atom. The van der Waals surface area contributed by atoms with E-state index in [0.29, 0.717) is 5.41 Å². The maximum atomic E-state index is 5.24. The largest absolute Gasteiger partial charge is 0.378 e. The smallest absolute Gasteiger partial charge is 0.0727 e. The Labute approximate surface area is 94.2 Å². The molecule has 0 N–H and O–H groups in total. The first-order valence-corrected chi connectivity index (χ1v) is 5.88. The molecule has 0 heterocycles. The van der Waals surface area contributed by atoms with Gasteiger partial charge in [0, 0.05) is 7.11 Å². The molecule has 0 radical (unpaired) electrons. The lowest BCUT2D eigenvalue weighted by Crippen LogP contribution is -2.19. The van der Waals surface area contributed by atoms with Crippen LogP contribution in [0.1, 0.15) is 47.0 Å². The fraction of sp³-hybridized carbons (Fsp3) is 0.714. The van der Waals surface area contributed by atoms with Crippen molar-refractivity contribution in [2.45, 2.75) is 53.1 Å². The number of allylic oxidation sites excluding steroid dienone is 3. The van der Waals surface area contributed by atoms with E-state index in [0.717, 1.165) is 0 Å². The summed E-state index contributed by atoms with van der Waals surface area (Å²) in [5.41, 5.74) is 3.40. The lowest BCUT2D eigenvalue weighted by molar-refractivity contribution is 0.156. The molecule has 1 aliphatic carbocycles. The minimum atomic E-state index is 0.211. The van der Waals surface area contributed by atoms with Gasteiger partial charge in [-0.25, -0.2) is 0 Å². The molecule has 0 spiro atoms. The SMILES string of the molecule is COC(C)/C=C/C1=C(C)CCCC1(C)C. The number of hydrogen-bond acceptors (Lipinski definition) is 1. The van der Waals surface area contributed by atoms with E-state index in [9.17, 15) is 0 Å². The molecule has 0 saturated heterocycles. The molecule has 0 aromatic rings. The molecule has 0 bridgehead atoms. The van der Waals surface area contributed by atoms with E-state index in [-0.39, 0.29) is 6.10 Å². The van der Waals surface area contributed by atoms with Crippen LogP contribution in [0.3, 0.4) is 0 Å². The van der Waals surface area contributed by atoms with E-state index in [1.165, 1.54) is 24.8 Å². The summed E-state index contributed by atoms with van der Waals surface area (Å²) >= 11 is 0. The third-order valence-corrected chi connectivity index (χ3v) is 3.45. The van der Waals surface area contributed by atoms with Gasteiger partial charge in [-0.05, 0) is 44.1 Å². The van der Waals surface area contributed by atoms with Crippen LogP contribution in [-0.2, 0) is 4.74 Å². The van der Waals surface area contributed by atoms with Gasteiger partial charge < -0.3 is 4.74 Å². The van der Waals surface area contributed by atoms with E-state index >= 15 is 0 Å². The molecule has 0 aromatic heterocycles. The van der Waals surface area contributed by atoms with E-state index in [2.05, 4.69) is 39.8 Å². The van der Waals surface area contributed by atoms with Gasteiger partial charge in [-0.3, -0.25) is 0 Å². The van der Waals surface area contributed by atoms with Crippen LogP contribution in [0, 0.1) is 5.41 Å². The lowest BCUT2D eigenvalue weighted by Gasteiger charge is -2.33. The molecule has 15 heavy (non-hydrogen) atoms. The van der Waals surface area contributed by atoms with Crippen molar-refractivity contribution in [2.75, 3.05) is 7.11 Å². The normalized spacial score (nSPS) is 23.5. The molecular weight excluding hydrogens is 184 g/mol. The second kappa shape index (κ2) is 4.98. The maximum absolute atomic E-state index is 5.24. The molecule has 1 atom stereocenters. The highest BCUT2D eigenvalue weighted by molar-refractivity contribution is 5.32. The Balaban J connectivity index is 2.85. The molecule has 0 aromatic carbocycles. The molecule has 0 saturated carbocycles. The minimum absolute atomic E-state index is 0.211. The highest BCUT2D eigenvalue weighted by atomic mass is 16.5. The highest BCUT2D eigenvalue weighted by Gasteiger charge is 2.26. The average molecular weight is 208 g/mol. The predicted molar refractivity (Wildman–Crippen MR) is 65.9 cm³/mol. The van der Waals surface area contributed by atoms with Crippen molar-refractivity contribution in [1.29, 1.82) is 0 Å². The van der Waals surface area contributed by atoms with Crippen LogP contribution in [0.4, 0.5) is 0 Å². The Morgan fingerprint density at radius 2 is 2.07 bits per heavy atom. The Kier molecular flexibility index (Phi) is 4.15. The zero-order valence-corrected chi connectivity index (χ0v) is 10.8. The Morgan fingerprint density at radius 3 is 2.60 bits per heavy atom. The van der Waals surface area contributed by atoms with Crippen molar-refractivity contribution < 1.29 is 4.74 Å². The minimum Gasteiger partial charge on any atom is -0.378 e. The molecule has 1 unspecified atom stereocenters. The molecule has 1 rings (SSSR count). The zero-order valence-electron chi connectivity index (χ0n) is 10.8. The van der Waals surface area contributed by atoms with Gasteiger partial charge in [0.1, 0.15) is 0 Å². The van der Waals surface area contributed by atoms with Gasteiger partial charge in [0.15, 0.2) is 0 Å². The molecule has 0 aliphatic heterocycles. The predicted octanol–water partition coefficient (Wildman–Crippen LogP) is 4.10. The molecule has 1 aliphatic rings. The van der Waals surface area contributed by atoms with E-state index in [1.807, 2.05) is 0 Å². The Bertz CT molecular complexity index is 271. The average Bonchev–Trinajstić information content (AvgIpc) is 2.15. The quantitative estimate of drug-likeness (QED) is 0.678. The van der Waals surface area contributed by atoms with Gasteiger partial charge in [-0.1, -0.05) is 31.6 Å². The lowest BCUT2D eigenvalue weighted by atomic mass is 9.72. The van der Waals surface area contributed by atoms with Crippen molar-refractivity contribution in [1.82, 2.24) is 0 Å². The first-order chi connectivity index (χ1) is 6.97. The molecular formula is C14H24O. The van der Waals surface area contributed by atoms with E-state index < -0.39 is 0 Å². The summed E-state index contributed by atoms with van der Waals surface area (Å²) in [6.45, 7) is 9.01. The molecule has 0 fully saturated rings. The zero-order chi connectivity index (χ0) is 11.5. The third kappa shape index (κ3) is 3.20. The van der Waals surface area contributed by atoms with Crippen molar-refractivity contribution >= 4 is 0 Å². The first-order valence-electron chi connectivity index (χ1n) is 5.88. The van der Waals surface area contributed by atoms with Crippen LogP contribution in [0.15, 0.2) is 23.3 Å². The van der Waals surface area contributed by atoms with Crippen molar-refractivity contribution in [3.8, 4) is 0 Å². The summed E-state index contributed by atoms with van der Waals surface area (Å²) < 4.78 is 5.24. The summed E-state index contributed by atoms with van der Waals surface area (Å²) in [5.74, 6) is 0. The molecule has 1 nitrogen and oxygen atoms in total. The number of hydrogen-bond donors (Lipinski definition) is 0. The van der Waals surface area contributed by atoms with Crippen LogP contribution in [0.5, 0.6) is 0 Å². The van der Waals surface area contributed by atoms with Crippen LogP contribution >= 0.6 is 0 Å². The topological polar surface area (TPSA) is 9.23 Å². The van der Waals surface area contributed by atoms with E-state index in [1.54, 1.807) is 12.7 Å². The maximum Gasteiger partial charge on any atom is 0.0727 e. The second-order valence-electron chi connectivity index (χ2n) is 5.23. The summed E-state index contributed by atoms with van der Waals surface area (Å²) in [5, 5.41) is 0. The van der Waals surface area contributed by atoms with Gasteiger partial charge in [-0.15, -0.1) is 0 Å². The molecule has 0 amide bonds. The highest BCUT2D eigenvalue weighted by Crippen LogP contribution is 2.40. The van der Waals surface area contributed by atoms with Gasteiger partial charge in [0.05, 0.1) is 6.10 Å². The number of ether oxygens (including phenoxy) is 1. The number of rotatable bonds is 3. The summed E-state index contributed by atoms with van der Waals surface area (Å²) in [7, 11) is 1.75. The second-order valence-corrected chi connectivity index (χ2v) is 5.23. The van der Waals surface area contributed by atoms with Gasteiger partial charge in [0.2, 0.25) is 0 Å². The van der Waals surface area contributed by atoms with Crippen molar-refractivity contribution in [2.24, 2.45) is 5.41 Å². The molecule has 86 valence electrons. The standard InChI is InChI=1S/C14H24O/c1-11-7-6-10-14(3,4)13(11)9-8-12(2)15-5/h8-9,12H,6-7,10H2,1-5H3/b9-8+. The van der Waals surface area contributed by atoms with Gasteiger partial charge in [-0.2, -0.15) is 0 Å². The molecule has 1 heteroatoms. The summed E-state index contributed by atoms with van der Waals surface area (Å²) in [6, 6.07) is 0. The van der Waals surface area contributed by atoms with Crippen molar-refractivity contribution in [3.05, 3.63) is 23.3 Å². The summed E-state index contributed by atoms with van der Waals surface area (Å²) in [6.07, 6.45) is 8.52. The van der Waals surface area contributed by atoms with Crippen LogP contribution in [0.25, 0.3) is 0 Å². The van der Waals surface area contributed by atoms with Crippen LogP contribution in [0.2, 0.25) is 0 Å². The Hall–Kier alpha value is -0.560. The van der Waals surface area contributed by atoms with Crippen LogP contribution in [-0.4, -0.2) is 13.2 Å². The third-order valence-electron chi connectivity index (χ3n) is 3.45. The van der Waals surface area contributed by atoms with Gasteiger partial charge in [0.25, 0.3) is 0 Å². The number of methoxy groups -OCH3 is 1. The van der Waals surface area contributed by atoms with Gasteiger partial charge >= 0.3 is 0 Å². The fourth-order valence-corrected chi connectivity index (χ4v) is 2.32. The fourth-order valence-electron chi connectivity index (χ4n) is 2.32.